The third kappa shape index (κ3) is 3.16. The first kappa shape index (κ1) is 13.9. The van der Waals surface area contributed by atoms with Gasteiger partial charge in [-0.2, -0.15) is 8.42 Å². The van der Waals surface area contributed by atoms with Gasteiger partial charge in [0.2, 0.25) is 0 Å². The van der Waals surface area contributed by atoms with E-state index in [1.165, 1.54) is 11.5 Å². The average Bonchev–Trinajstić information content (AvgIpc) is 2.25. The number of aromatic carboxylic acids is 1. The van der Waals surface area contributed by atoms with E-state index in [-0.39, 0.29) is 5.56 Å². The van der Waals surface area contributed by atoms with Crippen molar-refractivity contribution < 1.29 is 28.3 Å². The summed E-state index contributed by atoms with van der Waals surface area (Å²) in [5, 5.41) is 22.1. The van der Waals surface area contributed by atoms with E-state index in [1.807, 2.05) is 0 Å². The Bertz CT molecular complexity index is 597. The lowest BCUT2D eigenvalue weighted by Crippen LogP contribution is -2.27. The van der Waals surface area contributed by atoms with E-state index in [0.717, 1.165) is 12.1 Å². The molecule has 0 bridgehead atoms. The second-order valence-electron chi connectivity index (χ2n) is 3.12. The van der Waals surface area contributed by atoms with Crippen molar-refractivity contribution in [1.29, 1.82) is 0 Å². The third-order valence-corrected chi connectivity index (χ3v) is 2.37. The first-order chi connectivity index (χ1) is 8.26. The summed E-state index contributed by atoms with van der Waals surface area (Å²) >= 11 is 0. The molecule has 1 rings (SSSR count). The van der Waals surface area contributed by atoms with Gasteiger partial charge in [-0.15, -0.1) is 0 Å². The Morgan fingerprint density at radius 1 is 1.22 bits per heavy atom. The van der Waals surface area contributed by atoms with Gasteiger partial charge in [0.15, 0.2) is 0 Å². The number of nitrogens with one attached hydrogen (secondary N) is 2. The number of rotatable bonds is 4. The Morgan fingerprint density at radius 2 is 1.78 bits per heavy atom. The summed E-state index contributed by atoms with van der Waals surface area (Å²) in [4.78, 5) is 22.2. The molecule has 1 amide bonds. The van der Waals surface area contributed by atoms with Crippen LogP contribution < -0.4 is 15.3 Å². The van der Waals surface area contributed by atoms with Crippen molar-refractivity contribution in [3.8, 4) is 0 Å². The van der Waals surface area contributed by atoms with E-state index in [1.54, 1.807) is 4.72 Å². The number of benzene rings is 1. The Hall–Kier alpha value is -2.17. The molecule has 10 heteroatoms. The Labute approximate surface area is 101 Å². The van der Waals surface area contributed by atoms with Crippen LogP contribution in [0.15, 0.2) is 18.2 Å². The van der Waals surface area contributed by atoms with Crippen LogP contribution in [0.3, 0.4) is 0 Å². The van der Waals surface area contributed by atoms with Crippen molar-refractivity contribution in [3.63, 3.8) is 0 Å². The van der Waals surface area contributed by atoms with Crippen LogP contribution in [0.1, 0.15) is 20.7 Å². The van der Waals surface area contributed by atoms with Gasteiger partial charge < -0.3 is 5.11 Å². The molecule has 0 aliphatic heterocycles. The fourth-order valence-electron chi connectivity index (χ4n) is 1.23. The number of hydroxylamine groups is 1. The van der Waals surface area contributed by atoms with Crippen LogP contribution in [0.2, 0.25) is 0 Å². The summed E-state index contributed by atoms with van der Waals surface area (Å²) < 4.78 is 23.5. The van der Waals surface area contributed by atoms with Crippen molar-refractivity contribution >= 4 is 27.8 Å². The number of carboxylic acids is 1. The zero-order chi connectivity index (χ0) is 13.9. The van der Waals surface area contributed by atoms with Crippen LogP contribution in [0.5, 0.6) is 0 Å². The predicted molar refractivity (Wildman–Crippen MR) is 59.4 cm³/mol. The Kier molecular flexibility index (Phi) is 3.86. The van der Waals surface area contributed by atoms with E-state index >= 15 is 0 Å². The molecule has 6 N–H and O–H groups in total. The maximum atomic E-state index is 11.3. The van der Waals surface area contributed by atoms with Gasteiger partial charge in [0.25, 0.3) is 16.1 Å². The van der Waals surface area contributed by atoms with Crippen molar-refractivity contribution in [2.75, 3.05) is 4.72 Å². The molecule has 0 atom stereocenters. The number of para-hydroxylation sites is 1. The maximum Gasteiger partial charge on any atom is 0.337 e. The minimum absolute atomic E-state index is 0.383. The summed E-state index contributed by atoms with van der Waals surface area (Å²) in [6, 6.07) is 3.40. The number of nitrogens with two attached hydrogens (primary N) is 1. The summed E-state index contributed by atoms with van der Waals surface area (Å²) in [5.74, 6) is -2.54. The van der Waals surface area contributed by atoms with Crippen LogP contribution in [-0.4, -0.2) is 30.6 Å². The molecule has 18 heavy (non-hydrogen) atoms. The molecule has 1 aromatic rings. The lowest BCUT2D eigenvalue weighted by Gasteiger charge is -2.11. The number of carbonyl (C=O) groups is 2. The maximum absolute atomic E-state index is 11.3. The molecule has 9 nitrogen and oxygen atoms in total. The van der Waals surface area contributed by atoms with Gasteiger partial charge in [-0.1, -0.05) is 6.07 Å². The quantitative estimate of drug-likeness (QED) is 0.354. The van der Waals surface area contributed by atoms with Gasteiger partial charge >= 0.3 is 5.97 Å². The number of hydrogen-bond donors (Lipinski definition) is 5. The normalized spacial score (nSPS) is 10.8. The molecule has 98 valence electrons. The highest BCUT2D eigenvalue weighted by Crippen LogP contribution is 2.22. The molecule has 0 fully saturated rings. The highest BCUT2D eigenvalue weighted by Gasteiger charge is 2.20. The molecular formula is C8H9N3O6S. The number of anilines is 1. The highest BCUT2D eigenvalue weighted by atomic mass is 32.2. The molecule has 0 saturated carbocycles. The molecule has 0 aliphatic rings. The van der Waals surface area contributed by atoms with Crippen LogP contribution >= 0.6 is 0 Å². The number of hydrogen-bond acceptors (Lipinski definition) is 5. The Morgan fingerprint density at radius 3 is 2.22 bits per heavy atom. The molecular weight excluding hydrogens is 266 g/mol. The second-order valence-corrected chi connectivity index (χ2v) is 4.42. The van der Waals surface area contributed by atoms with E-state index in [0.29, 0.717) is 0 Å². The van der Waals surface area contributed by atoms with E-state index in [4.69, 9.17) is 15.5 Å². The zero-order valence-electron chi connectivity index (χ0n) is 8.75. The average molecular weight is 275 g/mol. The third-order valence-electron chi connectivity index (χ3n) is 1.89. The fourth-order valence-corrected chi connectivity index (χ4v) is 1.74. The number of carboxylic acid groups (broad SMARTS) is 1. The molecule has 0 unspecified atom stereocenters. The minimum Gasteiger partial charge on any atom is -0.478 e. The van der Waals surface area contributed by atoms with Crippen LogP contribution in [-0.2, 0) is 10.2 Å². The summed E-state index contributed by atoms with van der Waals surface area (Å²) in [6.45, 7) is 0. The van der Waals surface area contributed by atoms with Crippen molar-refractivity contribution in [1.82, 2.24) is 5.48 Å². The van der Waals surface area contributed by atoms with Gasteiger partial charge in [0.05, 0.1) is 16.8 Å². The Balaban J connectivity index is 3.48. The molecule has 0 heterocycles. The lowest BCUT2D eigenvalue weighted by atomic mass is 10.1. The van der Waals surface area contributed by atoms with Gasteiger partial charge in [-0.25, -0.2) is 15.4 Å². The largest absolute Gasteiger partial charge is 0.478 e. The van der Waals surface area contributed by atoms with E-state index in [9.17, 15) is 18.0 Å². The first-order valence-electron chi connectivity index (χ1n) is 4.37. The van der Waals surface area contributed by atoms with Crippen LogP contribution in [0.25, 0.3) is 0 Å². The monoisotopic (exact) mass is 275 g/mol. The predicted octanol–water partition coefficient (Wildman–Crippen LogP) is -0.881. The van der Waals surface area contributed by atoms with Crippen LogP contribution in [0.4, 0.5) is 5.69 Å². The van der Waals surface area contributed by atoms with Gasteiger partial charge in [0, 0.05) is 0 Å². The van der Waals surface area contributed by atoms with Gasteiger partial charge in [0.1, 0.15) is 0 Å². The highest BCUT2D eigenvalue weighted by molar-refractivity contribution is 7.90. The van der Waals surface area contributed by atoms with Crippen LogP contribution in [0, 0.1) is 0 Å². The van der Waals surface area contributed by atoms with Crippen molar-refractivity contribution in [2.45, 2.75) is 0 Å². The number of amides is 1. The minimum atomic E-state index is -4.27. The molecule has 0 aromatic heterocycles. The van der Waals surface area contributed by atoms with Crippen molar-refractivity contribution in [2.24, 2.45) is 5.14 Å². The van der Waals surface area contributed by atoms with Crippen molar-refractivity contribution in [3.05, 3.63) is 29.3 Å². The number of carbonyl (C=O) groups excluding carboxylic acids is 1. The molecule has 0 saturated heterocycles. The topological polar surface area (TPSA) is 159 Å². The summed E-state index contributed by atoms with van der Waals surface area (Å²) in [5.41, 5.74) is -0.127. The lowest BCUT2D eigenvalue weighted by molar-refractivity contribution is 0.0698. The fraction of sp³-hybridized carbons (Fsp3) is 0. The molecule has 0 radical (unpaired) electrons. The zero-order valence-corrected chi connectivity index (χ0v) is 9.56. The van der Waals surface area contributed by atoms with Gasteiger partial charge in [-0.05, 0) is 12.1 Å². The van der Waals surface area contributed by atoms with E-state index < -0.39 is 33.3 Å². The summed E-state index contributed by atoms with van der Waals surface area (Å²) in [6.07, 6.45) is 0. The standard InChI is InChI=1S/C8H9N3O6S/c9-18(16,17)11-6-4(7(12)10-15)2-1-3-5(6)8(13)14/h1-3,11,15H,(H,10,12)(H,13,14)(H2,9,16,17). The smallest absolute Gasteiger partial charge is 0.337 e. The first-order valence-corrected chi connectivity index (χ1v) is 5.92. The summed E-state index contributed by atoms with van der Waals surface area (Å²) in [7, 11) is -4.27. The van der Waals surface area contributed by atoms with E-state index in [2.05, 4.69) is 0 Å². The SMILES string of the molecule is NS(=O)(=O)Nc1c(C(=O)O)cccc1C(=O)NO. The second kappa shape index (κ2) is 5.00. The molecule has 0 spiro atoms. The van der Waals surface area contributed by atoms with Gasteiger partial charge in [-0.3, -0.25) is 14.7 Å². The molecule has 0 aliphatic carbocycles. The molecule has 1 aromatic carbocycles.